The second kappa shape index (κ2) is 5.53. The maximum absolute atomic E-state index is 13.4. The van der Waals surface area contributed by atoms with E-state index in [1.807, 2.05) is 34.1 Å². The van der Waals surface area contributed by atoms with Crippen molar-refractivity contribution in [1.29, 1.82) is 0 Å². The van der Waals surface area contributed by atoms with E-state index in [1.165, 1.54) is 6.07 Å². The van der Waals surface area contributed by atoms with E-state index < -0.39 is 0 Å². The summed E-state index contributed by atoms with van der Waals surface area (Å²) in [7, 11) is 6.12. The lowest BCUT2D eigenvalue weighted by Gasteiger charge is -2.23. The smallest absolute Gasteiger partial charge is 0.124 e. The molecule has 0 aliphatic heterocycles. The number of pyridine rings is 1. The fourth-order valence-electron chi connectivity index (χ4n) is 2.10. The topological polar surface area (TPSA) is 19.4 Å². The van der Waals surface area contributed by atoms with Gasteiger partial charge in [-0.25, -0.2) is 4.39 Å². The number of halogens is 1. The molecule has 0 aliphatic carbocycles. The molecule has 0 atom stereocenters. The van der Waals surface area contributed by atoms with Crippen LogP contribution in [-0.2, 0) is 0 Å². The van der Waals surface area contributed by atoms with Crippen molar-refractivity contribution in [3.05, 3.63) is 35.8 Å². The van der Waals surface area contributed by atoms with Crippen molar-refractivity contribution in [3.63, 3.8) is 0 Å². The van der Waals surface area contributed by atoms with Gasteiger partial charge in [-0.05, 0) is 45.3 Å². The molecule has 4 heteroatoms. The highest BCUT2D eigenvalue weighted by atomic mass is 19.1. The molecule has 0 saturated heterocycles. The summed E-state index contributed by atoms with van der Waals surface area (Å²) in [5.41, 5.74) is 2.82. The first-order valence-corrected chi connectivity index (χ1v) is 6.40. The Morgan fingerprint density at radius 3 is 2.53 bits per heavy atom. The van der Waals surface area contributed by atoms with Crippen LogP contribution in [0.2, 0.25) is 0 Å². The maximum Gasteiger partial charge on any atom is 0.124 e. The summed E-state index contributed by atoms with van der Waals surface area (Å²) in [6.07, 6.45) is 0. The minimum absolute atomic E-state index is 0.222. The van der Waals surface area contributed by atoms with Crippen molar-refractivity contribution in [2.45, 2.75) is 6.92 Å². The number of aromatic nitrogens is 1. The van der Waals surface area contributed by atoms with Crippen LogP contribution >= 0.6 is 0 Å². The molecule has 19 heavy (non-hydrogen) atoms. The van der Waals surface area contributed by atoms with Gasteiger partial charge in [0.25, 0.3) is 0 Å². The van der Waals surface area contributed by atoms with Crippen molar-refractivity contribution in [3.8, 4) is 0 Å². The zero-order valence-corrected chi connectivity index (χ0v) is 11.9. The minimum Gasteiger partial charge on any atom is -0.373 e. The summed E-state index contributed by atoms with van der Waals surface area (Å²) in [6, 6.07) is 6.76. The largest absolute Gasteiger partial charge is 0.373 e. The summed E-state index contributed by atoms with van der Waals surface area (Å²) in [5, 5.41) is 0.867. The molecule has 0 unspecified atom stereocenters. The van der Waals surface area contributed by atoms with E-state index in [2.05, 4.69) is 14.8 Å². The lowest BCUT2D eigenvalue weighted by atomic mass is 10.1. The monoisotopic (exact) mass is 261 g/mol. The van der Waals surface area contributed by atoms with Gasteiger partial charge in [-0.2, -0.15) is 0 Å². The zero-order chi connectivity index (χ0) is 14.0. The summed E-state index contributed by atoms with van der Waals surface area (Å²) in [6.45, 7) is 3.81. The number of likely N-dealkylation sites (N-methyl/N-ethyl adjacent to an activating group) is 2. The van der Waals surface area contributed by atoms with Gasteiger partial charge in [-0.3, -0.25) is 4.98 Å². The lowest BCUT2D eigenvalue weighted by Crippen LogP contribution is -2.28. The Bertz CT molecular complexity index is 581. The maximum atomic E-state index is 13.4. The molecule has 1 heterocycles. The average Bonchev–Trinajstić information content (AvgIpc) is 2.35. The normalized spacial score (nSPS) is 11.3. The Morgan fingerprint density at radius 2 is 1.84 bits per heavy atom. The number of rotatable bonds is 4. The average molecular weight is 261 g/mol. The van der Waals surface area contributed by atoms with E-state index >= 15 is 0 Å². The summed E-state index contributed by atoms with van der Waals surface area (Å²) in [5.74, 6) is -0.222. The second-order valence-corrected chi connectivity index (χ2v) is 5.17. The van der Waals surface area contributed by atoms with Crippen molar-refractivity contribution in [2.24, 2.45) is 0 Å². The van der Waals surface area contributed by atoms with Crippen LogP contribution in [-0.4, -0.2) is 44.1 Å². The lowest BCUT2D eigenvalue weighted by molar-refractivity contribution is 0.416. The molecule has 0 radical (unpaired) electrons. The quantitative estimate of drug-likeness (QED) is 0.843. The fourth-order valence-corrected chi connectivity index (χ4v) is 2.10. The van der Waals surface area contributed by atoms with Gasteiger partial charge in [0, 0.05) is 36.9 Å². The third-order valence-electron chi connectivity index (χ3n) is 3.17. The van der Waals surface area contributed by atoms with E-state index in [4.69, 9.17) is 0 Å². The van der Waals surface area contributed by atoms with Gasteiger partial charge >= 0.3 is 0 Å². The van der Waals surface area contributed by atoms with Gasteiger partial charge in [-0.1, -0.05) is 0 Å². The molecule has 0 spiro atoms. The number of nitrogens with zero attached hydrogens (tertiary/aromatic N) is 3. The van der Waals surface area contributed by atoms with E-state index in [0.717, 1.165) is 35.4 Å². The van der Waals surface area contributed by atoms with Crippen LogP contribution in [0.1, 0.15) is 5.69 Å². The molecule has 0 fully saturated rings. The molecule has 2 aromatic rings. The van der Waals surface area contributed by atoms with Crippen LogP contribution in [0.25, 0.3) is 10.9 Å². The van der Waals surface area contributed by atoms with Crippen LogP contribution in [0.5, 0.6) is 0 Å². The SMILES string of the molecule is Cc1cc(N(C)CCN(C)C)c2cc(F)ccc2n1. The number of hydrogen-bond acceptors (Lipinski definition) is 3. The number of benzene rings is 1. The van der Waals surface area contributed by atoms with Crippen LogP contribution in [0.3, 0.4) is 0 Å². The zero-order valence-electron chi connectivity index (χ0n) is 11.9. The molecular formula is C15H20FN3. The van der Waals surface area contributed by atoms with E-state index in [1.54, 1.807) is 12.1 Å². The first-order valence-electron chi connectivity index (χ1n) is 6.40. The first-order chi connectivity index (χ1) is 8.97. The third kappa shape index (κ3) is 3.20. The van der Waals surface area contributed by atoms with Gasteiger partial charge in [0.2, 0.25) is 0 Å². The van der Waals surface area contributed by atoms with Crippen LogP contribution < -0.4 is 4.90 Å². The van der Waals surface area contributed by atoms with E-state index in [9.17, 15) is 4.39 Å². The number of anilines is 1. The van der Waals surface area contributed by atoms with Crippen molar-refractivity contribution in [1.82, 2.24) is 9.88 Å². The predicted octanol–water partition coefficient (Wildman–Crippen LogP) is 2.68. The van der Waals surface area contributed by atoms with Gasteiger partial charge in [0.1, 0.15) is 5.82 Å². The van der Waals surface area contributed by atoms with Crippen LogP contribution in [0.4, 0.5) is 10.1 Å². The van der Waals surface area contributed by atoms with Gasteiger partial charge in [0.05, 0.1) is 5.52 Å². The molecule has 2 rings (SSSR count). The minimum atomic E-state index is -0.222. The van der Waals surface area contributed by atoms with Crippen molar-refractivity contribution >= 4 is 16.6 Å². The molecular weight excluding hydrogens is 241 g/mol. The van der Waals surface area contributed by atoms with Crippen molar-refractivity contribution in [2.75, 3.05) is 39.1 Å². The Hall–Kier alpha value is -1.68. The van der Waals surface area contributed by atoms with E-state index in [0.29, 0.717) is 0 Å². The van der Waals surface area contributed by atoms with Crippen LogP contribution in [0.15, 0.2) is 24.3 Å². The predicted molar refractivity (Wildman–Crippen MR) is 78.3 cm³/mol. The Kier molecular flexibility index (Phi) is 4.00. The van der Waals surface area contributed by atoms with Gasteiger partial charge in [-0.15, -0.1) is 0 Å². The van der Waals surface area contributed by atoms with Gasteiger partial charge in [0.15, 0.2) is 0 Å². The van der Waals surface area contributed by atoms with E-state index in [-0.39, 0.29) is 5.82 Å². The van der Waals surface area contributed by atoms with Crippen molar-refractivity contribution < 1.29 is 4.39 Å². The van der Waals surface area contributed by atoms with Gasteiger partial charge < -0.3 is 9.80 Å². The molecule has 0 aliphatic rings. The molecule has 0 amide bonds. The standard InChI is InChI=1S/C15H20FN3/c1-11-9-15(19(4)8-7-18(2)3)13-10-12(16)5-6-14(13)17-11/h5-6,9-10H,7-8H2,1-4H3. The number of aryl methyl sites for hydroxylation is 1. The summed E-state index contributed by atoms with van der Waals surface area (Å²) < 4.78 is 13.4. The first kappa shape index (κ1) is 13.7. The molecule has 1 aromatic carbocycles. The molecule has 0 bridgehead atoms. The Labute approximate surface area is 113 Å². The highest BCUT2D eigenvalue weighted by Crippen LogP contribution is 2.26. The van der Waals surface area contributed by atoms with Crippen LogP contribution in [0, 0.1) is 12.7 Å². The summed E-state index contributed by atoms with van der Waals surface area (Å²) in [4.78, 5) is 8.73. The highest BCUT2D eigenvalue weighted by molar-refractivity contribution is 5.91. The highest BCUT2D eigenvalue weighted by Gasteiger charge is 2.09. The Balaban J connectivity index is 2.43. The molecule has 0 N–H and O–H groups in total. The summed E-state index contributed by atoms with van der Waals surface area (Å²) >= 11 is 0. The number of hydrogen-bond donors (Lipinski definition) is 0. The molecule has 3 nitrogen and oxygen atoms in total. The molecule has 102 valence electrons. The molecule has 0 saturated carbocycles. The third-order valence-corrected chi connectivity index (χ3v) is 3.17. The number of fused-ring (bicyclic) bond motifs is 1. The second-order valence-electron chi connectivity index (χ2n) is 5.17. The Morgan fingerprint density at radius 1 is 1.11 bits per heavy atom. The molecule has 1 aromatic heterocycles. The fraction of sp³-hybridized carbons (Fsp3) is 0.400.